The summed E-state index contributed by atoms with van der Waals surface area (Å²) in [5.74, 6) is -1.50. The van der Waals surface area contributed by atoms with E-state index in [0.717, 1.165) is 30.9 Å². The van der Waals surface area contributed by atoms with Gasteiger partial charge in [-0.25, -0.2) is 0 Å². The summed E-state index contributed by atoms with van der Waals surface area (Å²) in [4.78, 5) is 11.1. The Morgan fingerprint density at radius 2 is 1.95 bits per heavy atom. The molecule has 0 atom stereocenters. The van der Waals surface area contributed by atoms with Crippen molar-refractivity contribution in [3.05, 3.63) is 29.3 Å². The summed E-state index contributed by atoms with van der Waals surface area (Å²) in [6, 6.07) is 3.80. The minimum absolute atomic E-state index is 0.339. The van der Waals surface area contributed by atoms with Crippen LogP contribution in [0.4, 0.5) is 13.2 Å². The molecule has 0 saturated carbocycles. The van der Waals surface area contributed by atoms with Crippen LogP contribution in [0, 0.1) is 6.92 Å². The van der Waals surface area contributed by atoms with Crippen LogP contribution in [0.1, 0.15) is 42.1 Å². The van der Waals surface area contributed by atoms with Gasteiger partial charge < -0.3 is 4.74 Å². The van der Waals surface area contributed by atoms with Crippen LogP contribution in [0.3, 0.4) is 0 Å². The Balaban J connectivity index is 2.80. The first-order valence-corrected chi connectivity index (χ1v) is 6.21. The van der Waals surface area contributed by atoms with Gasteiger partial charge in [0.2, 0.25) is 0 Å². The van der Waals surface area contributed by atoms with E-state index in [0.29, 0.717) is 12.4 Å². The highest BCUT2D eigenvalue weighted by Gasteiger charge is 2.39. The third-order valence-corrected chi connectivity index (χ3v) is 2.71. The molecular weight excluding hydrogens is 257 g/mol. The first kappa shape index (κ1) is 15.5. The number of alkyl halides is 3. The summed E-state index contributed by atoms with van der Waals surface area (Å²) < 4.78 is 42.4. The molecule has 0 radical (unpaired) electrons. The van der Waals surface area contributed by atoms with E-state index in [9.17, 15) is 18.0 Å². The van der Waals surface area contributed by atoms with Crippen LogP contribution < -0.4 is 4.74 Å². The topological polar surface area (TPSA) is 26.3 Å². The molecule has 0 unspecified atom stereocenters. The predicted molar refractivity (Wildman–Crippen MR) is 66.6 cm³/mol. The van der Waals surface area contributed by atoms with Crippen molar-refractivity contribution in [1.29, 1.82) is 0 Å². The number of unbranched alkanes of at least 4 members (excludes halogenated alkanes) is 2. The standard InChI is InChI=1S/C14H17F3O2/c1-3-4-5-8-19-12-9-11(7-6-10(12)2)13(18)14(15,16)17/h6-7,9H,3-5,8H2,1-2H3. The summed E-state index contributed by atoms with van der Waals surface area (Å²) in [5, 5.41) is 0. The summed E-state index contributed by atoms with van der Waals surface area (Å²) >= 11 is 0. The highest BCUT2D eigenvalue weighted by atomic mass is 19.4. The molecule has 0 bridgehead atoms. The third-order valence-electron chi connectivity index (χ3n) is 2.71. The molecule has 0 spiro atoms. The van der Waals surface area contributed by atoms with Gasteiger partial charge in [0, 0.05) is 5.56 Å². The highest BCUT2D eigenvalue weighted by molar-refractivity contribution is 6.00. The number of Topliss-reactive ketones (excluding diaryl/α,β-unsaturated/α-hetero) is 1. The van der Waals surface area contributed by atoms with E-state index in [4.69, 9.17) is 4.74 Å². The molecule has 1 rings (SSSR count). The van der Waals surface area contributed by atoms with Crippen molar-refractivity contribution in [2.24, 2.45) is 0 Å². The van der Waals surface area contributed by atoms with Crippen molar-refractivity contribution >= 4 is 5.78 Å². The highest BCUT2D eigenvalue weighted by Crippen LogP contribution is 2.26. The number of hydrogen-bond donors (Lipinski definition) is 0. The molecule has 0 N–H and O–H groups in total. The van der Waals surface area contributed by atoms with E-state index in [-0.39, 0.29) is 5.56 Å². The summed E-state index contributed by atoms with van der Waals surface area (Å²) in [6.45, 7) is 4.23. The maximum Gasteiger partial charge on any atom is 0.454 e. The Kier molecular flexibility index (Phi) is 5.39. The quantitative estimate of drug-likeness (QED) is 0.570. The fraction of sp³-hybridized carbons (Fsp3) is 0.500. The number of ether oxygens (including phenoxy) is 1. The number of benzene rings is 1. The molecule has 106 valence electrons. The zero-order chi connectivity index (χ0) is 14.5. The molecule has 2 nitrogen and oxygen atoms in total. The van der Waals surface area contributed by atoms with Gasteiger partial charge in [-0.2, -0.15) is 13.2 Å². The van der Waals surface area contributed by atoms with Gasteiger partial charge in [-0.15, -0.1) is 0 Å². The van der Waals surface area contributed by atoms with E-state index >= 15 is 0 Å². The van der Waals surface area contributed by atoms with Crippen LogP contribution in [0.2, 0.25) is 0 Å². The van der Waals surface area contributed by atoms with Gasteiger partial charge in [0.15, 0.2) is 0 Å². The summed E-state index contributed by atoms with van der Waals surface area (Å²) in [7, 11) is 0. The minimum atomic E-state index is -4.85. The fourth-order valence-corrected chi connectivity index (χ4v) is 1.59. The van der Waals surface area contributed by atoms with E-state index in [1.54, 1.807) is 6.92 Å². The van der Waals surface area contributed by atoms with E-state index in [2.05, 4.69) is 0 Å². The molecule has 0 saturated heterocycles. The lowest BCUT2D eigenvalue weighted by molar-refractivity contribution is -0.0885. The van der Waals surface area contributed by atoms with Gasteiger partial charge >= 0.3 is 6.18 Å². The molecule has 19 heavy (non-hydrogen) atoms. The van der Waals surface area contributed by atoms with Crippen molar-refractivity contribution in [2.75, 3.05) is 6.61 Å². The van der Waals surface area contributed by atoms with Crippen LogP contribution >= 0.6 is 0 Å². The first-order valence-electron chi connectivity index (χ1n) is 6.21. The largest absolute Gasteiger partial charge is 0.493 e. The first-order chi connectivity index (χ1) is 8.86. The SMILES string of the molecule is CCCCCOc1cc(C(=O)C(F)(F)F)ccc1C. The Bertz CT molecular complexity index is 439. The van der Waals surface area contributed by atoms with Crippen molar-refractivity contribution in [3.8, 4) is 5.75 Å². The lowest BCUT2D eigenvalue weighted by Crippen LogP contribution is -2.22. The van der Waals surface area contributed by atoms with Gasteiger partial charge in [0.25, 0.3) is 5.78 Å². The zero-order valence-electron chi connectivity index (χ0n) is 11.0. The molecule has 0 fully saturated rings. The summed E-state index contributed by atoms with van der Waals surface area (Å²) in [5.41, 5.74) is 0.332. The monoisotopic (exact) mass is 274 g/mol. The van der Waals surface area contributed by atoms with Crippen molar-refractivity contribution in [2.45, 2.75) is 39.3 Å². The number of rotatable bonds is 6. The maximum absolute atomic E-state index is 12.3. The van der Waals surface area contributed by atoms with Gasteiger partial charge in [-0.1, -0.05) is 31.9 Å². The predicted octanol–water partition coefficient (Wildman–Crippen LogP) is 4.31. The van der Waals surface area contributed by atoms with Crippen molar-refractivity contribution in [1.82, 2.24) is 0 Å². The van der Waals surface area contributed by atoms with Crippen LogP contribution in [0.25, 0.3) is 0 Å². The Morgan fingerprint density at radius 1 is 1.26 bits per heavy atom. The average Bonchev–Trinajstić information content (AvgIpc) is 2.34. The number of carbonyl (C=O) groups is 1. The normalized spacial score (nSPS) is 11.4. The Morgan fingerprint density at radius 3 is 2.53 bits per heavy atom. The van der Waals surface area contributed by atoms with Crippen molar-refractivity contribution < 1.29 is 22.7 Å². The fourth-order valence-electron chi connectivity index (χ4n) is 1.59. The maximum atomic E-state index is 12.3. The second-order valence-electron chi connectivity index (χ2n) is 4.36. The van der Waals surface area contributed by atoms with Crippen LogP contribution in [0.5, 0.6) is 5.75 Å². The molecule has 0 aliphatic heterocycles. The Hall–Kier alpha value is -1.52. The molecule has 0 aliphatic rings. The van der Waals surface area contributed by atoms with Crippen LogP contribution in [0.15, 0.2) is 18.2 Å². The van der Waals surface area contributed by atoms with Crippen molar-refractivity contribution in [3.63, 3.8) is 0 Å². The van der Waals surface area contributed by atoms with Gasteiger partial charge in [0.05, 0.1) is 6.61 Å². The van der Waals surface area contributed by atoms with Crippen LogP contribution in [-0.4, -0.2) is 18.6 Å². The lowest BCUT2D eigenvalue weighted by atomic mass is 10.1. The van der Waals surface area contributed by atoms with E-state index in [1.165, 1.54) is 12.1 Å². The van der Waals surface area contributed by atoms with E-state index in [1.807, 2.05) is 6.92 Å². The Labute approximate surface area is 110 Å². The molecule has 0 heterocycles. The molecule has 1 aromatic carbocycles. The smallest absolute Gasteiger partial charge is 0.454 e. The van der Waals surface area contributed by atoms with Gasteiger partial charge in [-0.05, 0) is 25.0 Å². The molecule has 1 aromatic rings. The third kappa shape index (κ3) is 4.58. The number of aryl methyl sites for hydroxylation is 1. The second kappa shape index (κ2) is 6.59. The second-order valence-corrected chi connectivity index (χ2v) is 4.36. The number of halogens is 3. The number of carbonyl (C=O) groups excluding carboxylic acids is 1. The van der Waals surface area contributed by atoms with Gasteiger partial charge in [-0.3, -0.25) is 4.79 Å². The molecule has 5 heteroatoms. The minimum Gasteiger partial charge on any atom is -0.493 e. The van der Waals surface area contributed by atoms with Crippen LogP contribution in [-0.2, 0) is 0 Å². The molecule has 0 amide bonds. The molecular formula is C14H17F3O2. The summed E-state index contributed by atoms with van der Waals surface area (Å²) in [6.07, 6.45) is -1.97. The molecule has 0 aliphatic carbocycles. The van der Waals surface area contributed by atoms with E-state index < -0.39 is 12.0 Å². The number of hydrogen-bond acceptors (Lipinski definition) is 2. The average molecular weight is 274 g/mol. The zero-order valence-corrected chi connectivity index (χ0v) is 11.0. The van der Waals surface area contributed by atoms with Gasteiger partial charge in [0.1, 0.15) is 5.75 Å². The lowest BCUT2D eigenvalue weighted by Gasteiger charge is -2.11. The number of ketones is 1. The molecule has 0 aromatic heterocycles.